The van der Waals surface area contributed by atoms with E-state index in [0.717, 1.165) is 24.6 Å². The molecule has 1 fully saturated rings. The molecule has 1 aliphatic heterocycles. The SMILES string of the molecule is Cc1cncc(N2CCC(N(C)C)C2)n1. The fourth-order valence-corrected chi connectivity index (χ4v) is 1.97. The molecule has 2 heterocycles. The van der Waals surface area contributed by atoms with Crippen molar-refractivity contribution in [1.82, 2.24) is 14.9 Å². The third-order valence-electron chi connectivity index (χ3n) is 2.96. The van der Waals surface area contributed by atoms with Crippen molar-refractivity contribution in [2.75, 3.05) is 32.1 Å². The monoisotopic (exact) mass is 206 g/mol. The number of hydrogen-bond donors (Lipinski definition) is 0. The summed E-state index contributed by atoms with van der Waals surface area (Å²) in [6.45, 7) is 4.13. The molecule has 4 heteroatoms. The van der Waals surface area contributed by atoms with Crippen LogP contribution in [-0.2, 0) is 0 Å². The van der Waals surface area contributed by atoms with E-state index in [2.05, 4.69) is 33.9 Å². The Morgan fingerprint density at radius 2 is 2.20 bits per heavy atom. The van der Waals surface area contributed by atoms with Gasteiger partial charge in [-0.1, -0.05) is 0 Å². The minimum absolute atomic E-state index is 0.646. The van der Waals surface area contributed by atoms with E-state index in [0.29, 0.717) is 6.04 Å². The van der Waals surface area contributed by atoms with Crippen LogP contribution in [0, 0.1) is 6.92 Å². The van der Waals surface area contributed by atoms with Gasteiger partial charge in [-0.15, -0.1) is 0 Å². The summed E-state index contributed by atoms with van der Waals surface area (Å²) in [5.74, 6) is 1.01. The van der Waals surface area contributed by atoms with Crippen LogP contribution in [0.25, 0.3) is 0 Å². The van der Waals surface area contributed by atoms with Crippen molar-refractivity contribution >= 4 is 5.82 Å². The summed E-state index contributed by atoms with van der Waals surface area (Å²) in [4.78, 5) is 13.3. The second kappa shape index (κ2) is 4.14. The normalized spacial score (nSPS) is 21.3. The van der Waals surface area contributed by atoms with Crippen molar-refractivity contribution in [3.63, 3.8) is 0 Å². The van der Waals surface area contributed by atoms with Crippen LogP contribution in [-0.4, -0.2) is 48.1 Å². The molecule has 0 N–H and O–H groups in total. The fourth-order valence-electron chi connectivity index (χ4n) is 1.97. The summed E-state index contributed by atoms with van der Waals surface area (Å²) in [5, 5.41) is 0. The second-order valence-electron chi connectivity index (χ2n) is 4.37. The molecule has 1 aromatic heterocycles. The van der Waals surface area contributed by atoms with Gasteiger partial charge in [-0.2, -0.15) is 0 Å². The molecule has 1 aromatic rings. The summed E-state index contributed by atoms with van der Waals surface area (Å²) < 4.78 is 0. The molecule has 0 aliphatic carbocycles. The van der Waals surface area contributed by atoms with E-state index in [1.807, 2.05) is 13.1 Å². The zero-order valence-electron chi connectivity index (χ0n) is 9.64. The molecule has 4 nitrogen and oxygen atoms in total. The van der Waals surface area contributed by atoms with Crippen molar-refractivity contribution < 1.29 is 0 Å². The molecule has 1 atom stereocenters. The van der Waals surface area contributed by atoms with Crippen LogP contribution in [0.3, 0.4) is 0 Å². The van der Waals surface area contributed by atoms with Crippen molar-refractivity contribution in [3.8, 4) is 0 Å². The minimum atomic E-state index is 0.646. The standard InChI is InChI=1S/C11H18N4/c1-9-6-12-7-11(13-9)15-5-4-10(8-15)14(2)3/h6-7,10H,4-5,8H2,1-3H3. The highest BCUT2D eigenvalue weighted by molar-refractivity contribution is 5.38. The van der Waals surface area contributed by atoms with E-state index in [1.165, 1.54) is 6.42 Å². The first kappa shape index (κ1) is 10.4. The molecule has 1 unspecified atom stereocenters. The summed E-state index contributed by atoms with van der Waals surface area (Å²) in [6.07, 6.45) is 4.86. The van der Waals surface area contributed by atoms with Crippen LogP contribution in [0.4, 0.5) is 5.82 Å². The maximum Gasteiger partial charge on any atom is 0.147 e. The summed E-state index contributed by atoms with van der Waals surface area (Å²) in [5.41, 5.74) is 0.987. The number of anilines is 1. The van der Waals surface area contributed by atoms with Gasteiger partial charge in [-0.05, 0) is 27.4 Å². The molecule has 1 aliphatic rings. The Labute approximate surface area is 90.9 Å². The van der Waals surface area contributed by atoms with Crippen molar-refractivity contribution in [1.29, 1.82) is 0 Å². The lowest BCUT2D eigenvalue weighted by atomic mass is 10.2. The van der Waals surface area contributed by atoms with Crippen molar-refractivity contribution in [2.45, 2.75) is 19.4 Å². The van der Waals surface area contributed by atoms with Crippen LogP contribution in [0.2, 0.25) is 0 Å². The largest absolute Gasteiger partial charge is 0.354 e. The average Bonchev–Trinajstić information content (AvgIpc) is 2.66. The Balaban J connectivity index is 2.08. The van der Waals surface area contributed by atoms with E-state index in [4.69, 9.17) is 0 Å². The summed E-state index contributed by atoms with van der Waals surface area (Å²) in [6, 6.07) is 0.646. The van der Waals surface area contributed by atoms with Gasteiger partial charge in [-0.25, -0.2) is 4.98 Å². The van der Waals surface area contributed by atoms with E-state index in [1.54, 1.807) is 6.20 Å². The van der Waals surface area contributed by atoms with Crippen molar-refractivity contribution in [3.05, 3.63) is 18.1 Å². The van der Waals surface area contributed by atoms with E-state index in [-0.39, 0.29) is 0 Å². The third-order valence-corrected chi connectivity index (χ3v) is 2.96. The quantitative estimate of drug-likeness (QED) is 0.720. The van der Waals surface area contributed by atoms with Gasteiger partial charge in [0.05, 0.1) is 11.9 Å². The van der Waals surface area contributed by atoms with Gasteiger partial charge >= 0.3 is 0 Å². The molecule has 0 amide bonds. The first-order chi connectivity index (χ1) is 7.16. The molecule has 0 saturated carbocycles. The molecule has 0 spiro atoms. The highest BCUT2D eigenvalue weighted by Crippen LogP contribution is 2.19. The Morgan fingerprint density at radius 1 is 1.40 bits per heavy atom. The van der Waals surface area contributed by atoms with Gasteiger partial charge in [0.15, 0.2) is 0 Å². The molecule has 0 bridgehead atoms. The molecule has 0 radical (unpaired) electrons. The summed E-state index contributed by atoms with van der Waals surface area (Å²) >= 11 is 0. The number of hydrogen-bond acceptors (Lipinski definition) is 4. The Bertz CT molecular complexity index is 337. The first-order valence-corrected chi connectivity index (χ1v) is 5.37. The molecule has 82 valence electrons. The number of aryl methyl sites for hydroxylation is 1. The van der Waals surface area contributed by atoms with Gasteiger partial charge in [0.2, 0.25) is 0 Å². The second-order valence-corrected chi connectivity index (χ2v) is 4.37. The van der Waals surface area contributed by atoms with Gasteiger partial charge in [0.1, 0.15) is 5.82 Å². The zero-order chi connectivity index (χ0) is 10.8. The van der Waals surface area contributed by atoms with Crippen LogP contribution >= 0.6 is 0 Å². The molecule has 1 saturated heterocycles. The van der Waals surface area contributed by atoms with Crippen LogP contribution in [0.15, 0.2) is 12.4 Å². The van der Waals surface area contributed by atoms with E-state index < -0.39 is 0 Å². The third kappa shape index (κ3) is 2.26. The highest BCUT2D eigenvalue weighted by atomic mass is 15.3. The number of likely N-dealkylation sites (N-methyl/N-ethyl adjacent to an activating group) is 1. The van der Waals surface area contributed by atoms with Gasteiger partial charge in [0.25, 0.3) is 0 Å². The topological polar surface area (TPSA) is 32.3 Å². The first-order valence-electron chi connectivity index (χ1n) is 5.37. The lowest BCUT2D eigenvalue weighted by Crippen LogP contribution is -2.31. The maximum absolute atomic E-state index is 4.49. The van der Waals surface area contributed by atoms with Gasteiger partial charge in [-0.3, -0.25) is 4.98 Å². The van der Waals surface area contributed by atoms with Crippen LogP contribution in [0.1, 0.15) is 12.1 Å². The van der Waals surface area contributed by atoms with Crippen LogP contribution < -0.4 is 4.90 Å². The zero-order valence-corrected chi connectivity index (χ0v) is 9.64. The molecular formula is C11H18N4. The smallest absolute Gasteiger partial charge is 0.147 e. The molecule has 2 rings (SSSR count). The van der Waals surface area contributed by atoms with E-state index in [9.17, 15) is 0 Å². The molecule has 15 heavy (non-hydrogen) atoms. The van der Waals surface area contributed by atoms with Gasteiger partial charge in [0, 0.05) is 25.3 Å². The van der Waals surface area contributed by atoms with E-state index >= 15 is 0 Å². The number of nitrogens with zero attached hydrogens (tertiary/aromatic N) is 4. The fraction of sp³-hybridized carbons (Fsp3) is 0.636. The number of aromatic nitrogens is 2. The lowest BCUT2D eigenvalue weighted by Gasteiger charge is -2.20. The minimum Gasteiger partial charge on any atom is -0.354 e. The highest BCUT2D eigenvalue weighted by Gasteiger charge is 2.24. The predicted octanol–water partition coefficient (Wildman–Crippen LogP) is 0.925. The summed E-state index contributed by atoms with van der Waals surface area (Å²) in [7, 11) is 4.27. The predicted molar refractivity (Wildman–Crippen MR) is 61.1 cm³/mol. The maximum atomic E-state index is 4.49. The van der Waals surface area contributed by atoms with Gasteiger partial charge < -0.3 is 9.80 Å². The average molecular weight is 206 g/mol. The van der Waals surface area contributed by atoms with Crippen LogP contribution in [0.5, 0.6) is 0 Å². The molecular weight excluding hydrogens is 188 g/mol. The van der Waals surface area contributed by atoms with Crippen molar-refractivity contribution in [2.24, 2.45) is 0 Å². The Kier molecular flexibility index (Phi) is 2.86. The number of rotatable bonds is 2. The molecule has 0 aromatic carbocycles. The lowest BCUT2D eigenvalue weighted by molar-refractivity contribution is 0.315. The Morgan fingerprint density at radius 3 is 2.80 bits per heavy atom. The Hall–Kier alpha value is -1.16.